The topological polar surface area (TPSA) is 51.0 Å². The average Bonchev–Trinajstić information content (AvgIpc) is 3.06. The molecule has 19 heavy (non-hydrogen) atoms. The molecule has 1 amide bonds. The van der Waals surface area contributed by atoms with E-state index in [1.54, 1.807) is 11.3 Å². The second-order valence-corrected chi connectivity index (χ2v) is 6.07. The highest BCUT2D eigenvalue weighted by atomic mass is 32.1. The molecule has 2 atom stereocenters. The van der Waals surface area contributed by atoms with Crippen LogP contribution in [0.2, 0.25) is 0 Å². The van der Waals surface area contributed by atoms with Gasteiger partial charge in [-0.25, -0.2) is 0 Å². The molecule has 98 valence electrons. The summed E-state index contributed by atoms with van der Waals surface area (Å²) < 4.78 is 2.21. The van der Waals surface area contributed by atoms with Crippen molar-refractivity contribution in [3.63, 3.8) is 0 Å². The molecule has 0 aliphatic carbocycles. The first-order valence-electron chi connectivity index (χ1n) is 6.58. The van der Waals surface area contributed by atoms with Gasteiger partial charge < -0.3 is 9.47 Å². The molecule has 2 aliphatic heterocycles. The fourth-order valence-electron chi connectivity index (χ4n) is 3.25. The molecule has 0 radical (unpaired) electrons. The van der Waals surface area contributed by atoms with Gasteiger partial charge in [0.25, 0.3) is 0 Å². The number of hydrogen-bond acceptors (Lipinski definition) is 4. The molecule has 6 heteroatoms. The summed E-state index contributed by atoms with van der Waals surface area (Å²) in [7, 11) is 0. The maximum Gasteiger partial charge on any atom is 0.210 e. The van der Waals surface area contributed by atoms with Crippen LogP contribution >= 0.6 is 11.3 Å². The Labute approximate surface area is 114 Å². The highest BCUT2D eigenvalue weighted by molar-refractivity contribution is 7.13. The van der Waals surface area contributed by atoms with E-state index in [2.05, 4.69) is 26.2 Å². The Kier molecular flexibility index (Phi) is 2.44. The van der Waals surface area contributed by atoms with E-state index in [4.69, 9.17) is 0 Å². The van der Waals surface area contributed by atoms with Crippen molar-refractivity contribution < 1.29 is 4.79 Å². The molecule has 2 aliphatic rings. The first kappa shape index (κ1) is 11.2. The number of amides is 1. The second kappa shape index (κ2) is 4.16. The van der Waals surface area contributed by atoms with Gasteiger partial charge in [-0.1, -0.05) is 6.07 Å². The number of hydrogen-bond donors (Lipinski definition) is 0. The van der Waals surface area contributed by atoms with E-state index >= 15 is 0 Å². The van der Waals surface area contributed by atoms with E-state index < -0.39 is 0 Å². The number of aromatic nitrogens is 3. The van der Waals surface area contributed by atoms with Gasteiger partial charge in [0.15, 0.2) is 11.6 Å². The minimum absolute atomic E-state index is 0.117. The van der Waals surface area contributed by atoms with Crippen molar-refractivity contribution in [2.24, 2.45) is 0 Å². The number of piperidine rings is 1. The molecule has 2 aromatic heterocycles. The summed E-state index contributed by atoms with van der Waals surface area (Å²) in [6, 6.07) is 4.53. The number of thiophene rings is 1. The molecule has 4 heterocycles. The summed E-state index contributed by atoms with van der Waals surface area (Å²) in [6.45, 7) is 0.824. The third-order valence-corrected chi connectivity index (χ3v) is 5.00. The Hall–Kier alpha value is -1.69. The van der Waals surface area contributed by atoms with Crippen LogP contribution in [-0.4, -0.2) is 32.1 Å². The highest BCUT2D eigenvalue weighted by Gasteiger charge is 2.39. The summed E-state index contributed by atoms with van der Waals surface area (Å²) in [4.78, 5) is 14.4. The van der Waals surface area contributed by atoms with Crippen LogP contribution in [-0.2, 0) is 11.3 Å². The van der Waals surface area contributed by atoms with E-state index in [-0.39, 0.29) is 6.04 Å². The van der Waals surface area contributed by atoms with Crippen molar-refractivity contribution >= 4 is 17.7 Å². The van der Waals surface area contributed by atoms with Crippen LogP contribution < -0.4 is 0 Å². The predicted octanol–water partition coefficient (Wildman–Crippen LogP) is 2.07. The first-order chi connectivity index (χ1) is 9.38. The minimum atomic E-state index is 0.117. The fourth-order valence-corrected chi connectivity index (χ4v) is 3.96. The van der Waals surface area contributed by atoms with Crippen molar-refractivity contribution in [3.05, 3.63) is 23.3 Å². The van der Waals surface area contributed by atoms with E-state index in [9.17, 15) is 4.79 Å². The lowest BCUT2D eigenvalue weighted by Gasteiger charge is -2.43. The zero-order chi connectivity index (χ0) is 12.8. The Morgan fingerprint density at radius 3 is 3.11 bits per heavy atom. The van der Waals surface area contributed by atoms with Crippen LogP contribution in [0.1, 0.15) is 31.1 Å². The molecular formula is C13H14N4OS. The molecule has 0 saturated carbocycles. The van der Waals surface area contributed by atoms with Crippen LogP contribution in [0.25, 0.3) is 10.7 Å². The van der Waals surface area contributed by atoms with Gasteiger partial charge in [-0.15, -0.1) is 21.5 Å². The molecule has 1 saturated heterocycles. The van der Waals surface area contributed by atoms with Gasteiger partial charge in [0.05, 0.1) is 17.0 Å². The molecule has 4 rings (SSSR count). The van der Waals surface area contributed by atoms with Gasteiger partial charge in [-0.05, 0) is 30.7 Å². The number of nitrogens with zero attached hydrogens (tertiary/aromatic N) is 4. The monoisotopic (exact) mass is 274 g/mol. The summed E-state index contributed by atoms with van der Waals surface area (Å²) in [5.74, 6) is 1.90. The summed E-state index contributed by atoms with van der Waals surface area (Å²) in [5, 5.41) is 10.8. The molecule has 2 unspecified atom stereocenters. The Morgan fingerprint density at radius 1 is 1.37 bits per heavy atom. The van der Waals surface area contributed by atoms with Crippen molar-refractivity contribution in [1.29, 1.82) is 0 Å². The summed E-state index contributed by atoms with van der Waals surface area (Å²) in [6.07, 6.45) is 4.23. The zero-order valence-electron chi connectivity index (χ0n) is 10.4. The molecule has 5 nitrogen and oxygen atoms in total. The molecule has 2 bridgehead atoms. The first-order valence-corrected chi connectivity index (χ1v) is 7.46. The van der Waals surface area contributed by atoms with Crippen LogP contribution in [0, 0.1) is 0 Å². The molecule has 1 fully saturated rings. The predicted molar refractivity (Wildman–Crippen MR) is 71.6 cm³/mol. The molecule has 2 aromatic rings. The lowest BCUT2D eigenvalue weighted by Crippen LogP contribution is -2.48. The normalized spacial score (nSPS) is 25.2. The fraction of sp³-hybridized carbons (Fsp3) is 0.462. The smallest absolute Gasteiger partial charge is 0.210 e. The van der Waals surface area contributed by atoms with Crippen LogP contribution in [0.15, 0.2) is 17.5 Å². The van der Waals surface area contributed by atoms with Crippen molar-refractivity contribution in [2.45, 2.75) is 37.9 Å². The van der Waals surface area contributed by atoms with Gasteiger partial charge in [0.2, 0.25) is 6.41 Å². The minimum Gasteiger partial charge on any atom is -0.330 e. The quantitative estimate of drug-likeness (QED) is 0.788. The van der Waals surface area contributed by atoms with Gasteiger partial charge in [-0.3, -0.25) is 4.79 Å². The van der Waals surface area contributed by atoms with Crippen LogP contribution in [0.5, 0.6) is 0 Å². The molecule has 0 N–H and O–H groups in total. The Balaban J connectivity index is 1.83. The number of carbonyl (C=O) groups is 1. The standard InChI is InChI=1S/C13H14N4OS/c18-8-17-9-3-1-4-10(17)12-14-15-13(16(12)7-9)11-5-2-6-19-11/h2,5-6,8-10H,1,3-4,7H2. The third kappa shape index (κ3) is 1.56. The third-order valence-electron chi connectivity index (χ3n) is 4.13. The van der Waals surface area contributed by atoms with Gasteiger partial charge >= 0.3 is 0 Å². The Morgan fingerprint density at radius 2 is 2.32 bits per heavy atom. The Bertz CT molecular complexity index is 606. The average molecular weight is 274 g/mol. The lowest BCUT2D eigenvalue weighted by atomic mass is 9.92. The van der Waals surface area contributed by atoms with Crippen molar-refractivity contribution in [3.8, 4) is 10.7 Å². The number of rotatable bonds is 2. The van der Waals surface area contributed by atoms with E-state index in [1.165, 1.54) is 6.42 Å². The van der Waals surface area contributed by atoms with E-state index in [0.717, 1.165) is 42.3 Å². The summed E-state index contributed by atoms with van der Waals surface area (Å²) >= 11 is 1.68. The molecule has 0 aromatic carbocycles. The maximum atomic E-state index is 11.3. The molecular weight excluding hydrogens is 260 g/mol. The second-order valence-electron chi connectivity index (χ2n) is 5.12. The summed E-state index contributed by atoms with van der Waals surface area (Å²) in [5.41, 5.74) is 0. The van der Waals surface area contributed by atoms with Crippen LogP contribution in [0.3, 0.4) is 0 Å². The van der Waals surface area contributed by atoms with E-state index in [1.807, 2.05) is 11.0 Å². The maximum absolute atomic E-state index is 11.3. The van der Waals surface area contributed by atoms with Gasteiger partial charge in [0, 0.05) is 6.54 Å². The van der Waals surface area contributed by atoms with Crippen molar-refractivity contribution in [1.82, 2.24) is 19.7 Å². The largest absolute Gasteiger partial charge is 0.330 e. The van der Waals surface area contributed by atoms with Crippen LogP contribution in [0.4, 0.5) is 0 Å². The van der Waals surface area contributed by atoms with Gasteiger partial charge in [0.1, 0.15) is 0 Å². The van der Waals surface area contributed by atoms with Gasteiger partial charge in [-0.2, -0.15) is 0 Å². The highest BCUT2D eigenvalue weighted by Crippen LogP contribution is 2.39. The SMILES string of the molecule is O=CN1C2CCCC1c1nnc(-c3cccs3)n1C2. The lowest BCUT2D eigenvalue weighted by molar-refractivity contribution is -0.126. The van der Waals surface area contributed by atoms with Crippen molar-refractivity contribution in [2.75, 3.05) is 0 Å². The zero-order valence-corrected chi connectivity index (χ0v) is 11.2. The number of fused-ring (bicyclic) bond motifs is 4. The number of carbonyl (C=O) groups excluding carboxylic acids is 1. The molecule has 0 spiro atoms. The van der Waals surface area contributed by atoms with E-state index in [0.29, 0.717) is 6.04 Å².